The lowest BCUT2D eigenvalue weighted by Gasteiger charge is -2.64. The van der Waals surface area contributed by atoms with Crippen molar-refractivity contribution in [3.05, 3.63) is 70.9 Å². The molecular weight excluding hydrogens is 705 g/mol. The quantitative estimate of drug-likeness (QED) is 0.212. The third kappa shape index (κ3) is 4.64. The highest BCUT2D eigenvalue weighted by atomic mass is 16.5. The Labute approximate surface area is 331 Å². The van der Waals surface area contributed by atoms with E-state index in [1.165, 1.54) is 7.11 Å². The lowest BCUT2D eigenvalue weighted by molar-refractivity contribution is -0.176. The predicted octanol–water partition coefficient (Wildman–Crippen LogP) is 5.50. The molecule has 1 saturated carbocycles. The molecule has 9 rings (SSSR count). The van der Waals surface area contributed by atoms with Gasteiger partial charge in [-0.3, -0.25) is 19.4 Å². The number of H-pyrrole nitrogens is 1. The SMILES string of the molecule is CCC(=O)[C@]1(O)C2N(C)c3cc(OC)c([C@]4(C(=O)OC)CC5CN(CCc6c4[nH]c4ccccc64)C[C@](O)(CC)C5)cc3C23CCN2CC=C[C@](CC)(C23)[C@H]1C. The molecule has 3 fully saturated rings. The minimum Gasteiger partial charge on any atom is -0.496 e. The molecule has 1 aliphatic carbocycles. The third-order valence-electron chi connectivity index (χ3n) is 16.1. The number of aromatic amines is 1. The first-order valence-electron chi connectivity index (χ1n) is 21.1. The number of methoxy groups -OCH3 is 2. The number of ether oxygens (including phenoxy) is 2. The fraction of sp³-hybridized carbons (Fsp3) is 0.609. The van der Waals surface area contributed by atoms with Crippen molar-refractivity contribution in [2.75, 3.05) is 58.9 Å². The number of hydrogen-bond acceptors (Lipinski definition) is 9. The summed E-state index contributed by atoms with van der Waals surface area (Å²) in [6.45, 7) is 12.0. The number of aliphatic hydroxyl groups is 2. The Balaban J connectivity index is 1.36. The number of hydrogen-bond donors (Lipinski definition) is 3. The van der Waals surface area contributed by atoms with E-state index in [0.29, 0.717) is 38.0 Å². The average molecular weight is 765 g/mol. The summed E-state index contributed by atoms with van der Waals surface area (Å²) in [5.74, 6) is -0.286. The first kappa shape index (κ1) is 37.9. The number of anilines is 1. The molecule has 10 nitrogen and oxygen atoms in total. The van der Waals surface area contributed by atoms with Crippen molar-refractivity contribution in [1.82, 2.24) is 14.8 Å². The molecule has 2 bridgehead atoms. The van der Waals surface area contributed by atoms with Gasteiger partial charge in [0, 0.05) is 96.4 Å². The fourth-order valence-electron chi connectivity index (χ4n) is 13.8. The maximum atomic E-state index is 15.3. The third-order valence-corrected chi connectivity index (χ3v) is 16.1. The number of nitrogens with one attached hydrogen (secondary N) is 1. The Bertz CT molecular complexity index is 2130. The van der Waals surface area contributed by atoms with Gasteiger partial charge in [-0.2, -0.15) is 0 Å². The lowest BCUT2D eigenvalue weighted by atomic mass is 9.44. The molecular formula is C46H60N4O6. The topological polar surface area (TPSA) is 119 Å². The van der Waals surface area contributed by atoms with Gasteiger partial charge in [0.1, 0.15) is 16.8 Å². The minimum atomic E-state index is -1.63. The van der Waals surface area contributed by atoms with Crippen molar-refractivity contribution in [2.24, 2.45) is 17.3 Å². The largest absolute Gasteiger partial charge is 0.496 e. The summed E-state index contributed by atoms with van der Waals surface area (Å²) in [5, 5.41) is 26.3. The molecule has 6 heterocycles. The van der Waals surface area contributed by atoms with Crippen molar-refractivity contribution in [2.45, 2.75) is 107 Å². The number of rotatable bonds is 7. The standard InChI is InChI=1S/C46H60N4O6/c1-8-37(51)46(54)28(4)43(10-3)17-13-19-50-21-18-44(39(43)50)32-22-33(36(55-6)23-35(32)48(5)40(44)46)45(41(52)56-7)25-29-24-42(53,9-2)27-49(26-29)20-16-31-30-14-11-12-15-34(30)47-38(31)45/h11-15,17,22-23,28-29,39-40,47,53-54H,8-10,16,18-21,24-27H2,1-7H3/t28-,29?,39?,40?,42+,43+,44?,45-,46+/m1/s1. The molecule has 56 heavy (non-hydrogen) atoms. The number of nitrogens with zero attached hydrogens (tertiary/aromatic N) is 3. The smallest absolute Gasteiger partial charge is 0.322 e. The summed E-state index contributed by atoms with van der Waals surface area (Å²) >= 11 is 0. The van der Waals surface area contributed by atoms with Gasteiger partial charge in [-0.25, -0.2) is 0 Å². The van der Waals surface area contributed by atoms with Crippen LogP contribution in [0.5, 0.6) is 5.75 Å². The summed E-state index contributed by atoms with van der Waals surface area (Å²) in [4.78, 5) is 40.7. The van der Waals surface area contributed by atoms with Crippen LogP contribution in [0.3, 0.4) is 0 Å². The Kier molecular flexibility index (Phi) is 8.72. The number of esters is 1. The molecule has 5 aliphatic heterocycles. The molecule has 2 saturated heterocycles. The van der Waals surface area contributed by atoms with Gasteiger partial charge in [0.2, 0.25) is 0 Å². The van der Waals surface area contributed by atoms with E-state index < -0.39 is 33.5 Å². The van der Waals surface area contributed by atoms with Crippen LogP contribution >= 0.6 is 0 Å². The van der Waals surface area contributed by atoms with Crippen LogP contribution in [0, 0.1) is 17.3 Å². The van der Waals surface area contributed by atoms with E-state index in [9.17, 15) is 15.0 Å². The number of Topliss-reactive ketones (excluding diaryl/α,β-unsaturated/α-hetero) is 1. The van der Waals surface area contributed by atoms with Crippen LogP contribution in [0.25, 0.3) is 10.9 Å². The highest BCUT2D eigenvalue weighted by molar-refractivity contribution is 5.95. The number of piperidine rings is 1. The van der Waals surface area contributed by atoms with Crippen LogP contribution in [0.1, 0.15) is 88.6 Å². The van der Waals surface area contributed by atoms with Gasteiger partial charge in [-0.1, -0.05) is 58.0 Å². The average Bonchev–Trinajstić information content (AvgIpc) is 3.87. The zero-order chi connectivity index (χ0) is 39.6. The van der Waals surface area contributed by atoms with E-state index in [1.807, 2.05) is 20.0 Å². The van der Waals surface area contributed by atoms with Crippen molar-refractivity contribution < 1.29 is 29.3 Å². The zero-order valence-electron chi connectivity index (χ0n) is 34.3. The second-order valence-electron chi connectivity index (χ2n) is 18.2. The highest BCUT2D eigenvalue weighted by Crippen LogP contribution is 2.69. The Hall–Kier alpha value is -3.70. The van der Waals surface area contributed by atoms with Crippen LogP contribution < -0.4 is 9.64 Å². The predicted molar refractivity (Wildman–Crippen MR) is 217 cm³/mol. The van der Waals surface area contributed by atoms with E-state index in [4.69, 9.17) is 9.47 Å². The van der Waals surface area contributed by atoms with Crippen LogP contribution in [0.2, 0.25) is 0 Å². The molecule has 1 spiro atoms. The molecule has 1 aromatic heterocycles. The number of para-hydroxylation sites is 1. The summed E-state index contributed by atoms with van der Waals surface area (Å²) < 4.78 is 12.4. The number of carbonyl (C=O) groups is 2. The normalized spacial score (nSPS) is 38.5. The molecule has 10 atom stereocenters. The van der Waals surface area contributed by atoms with Gasteiger partial charge in [0.25, 0.3) is 0 Å². The van der Waals surface area contributed by atoms with Crippen LogP contribution in [-0.4, -0.2) is 114 Å². The van der Waals surface area contributed by atoms with Crippen molar-refractivity contribution in [3.63, 3.8) is 0 Å². The molecule has 10 heteroatoms. The number of aromatic nitrogens is 1. The summed E-state index contributed by atoms with van der Waals surface area (Å²) in [5.41, 5.74) is 0.693. The fourth-order valence-corrected chi connectivity index (χ4v) is 13.8. The first-order chi connectivity index (χ1) is 26.8. The van der Waals surface area contributed by atoms with Crippen LogP contribution in [0.15, 0.2) is 48.6 Å². The number of ketones is 1. The molecule has 6 aliphatic rings. The number of likely N-dealkylation sites (N-methyl/N-ethyl adjacent to an activating group) is 1. The van der Waals surface area contributed by atoms with Gasteiger partial charge < -0.3 is 29.6 Å². The molecule has 2 aromatic carbocycles. The van der Waals surface area contributed by atoms with Crippen LogP contribution in [-0.2, 0) is 31.6 Å². The molecule has 3 aromatic rings. The minimum absolute atomic E-state index is 0.0299. The molecule has 300 valence electrons. The van der Waals surface area contributed by atoms with Crippen molar-refractivity contribution in [3.8, 4) is 5.75 Å². The maximum absolute atomic E-state index is 15.3. The van der Waals surface area contributed by atoms with E-state index in [-0.39, 0.29) is 36.1 Å². The number of carbonyl (C=O) groups excluding carboxylic acids is 2. The van der Waals surface area contributed by atoms with Gasteiger partial charge in [0.15, 0.2) is 5.78 Å². The number of fused-ring (bicyclic) bond motifs is 6. The van der Waals surface area contributed by atoms with Crippen molar-refractivity contribution >= 4 is 28.3 Å². The Morgan fingerprint density at radius 1 is 1.00 bits per heavy atom. The van der Waals surface area contributed by atoms with Crippen molar-refractivity contribution in [1.29, 1.82) is 0 Å². The molecule has 5 unspecified atom stereocenters. The summed E-state index contributed by atoms with van der Waals surface area (Å²) in [7, 11) is 5.18. The molecule has 0 amide bonds. The van der Waals surface area contributed by atoms with Gasteiger partial charge >= 0.3 is 5.97 Å². The van der Waals surface area contributed by atoms with Crippen LogP contribution in [0.4, 0.5) is 5.69 Å². The highest BCUT2D eigenvalue weighted by Gasteiger charge is 2.77. The van der Waals surface area contributed by atoms with E-state index >= 15 is 4.79 Å². The summed E-state index contributed by atoms with van der Waals surface area (Å²) in [6, 6.07) is 12.1. The zero-order valence-corrected chi connectivity index (χ0v) is 34.3. The Morgan fingerprint density at radius 2 is 1.79 bits per heavy atom. The first-order valence-corrected chi connectivity index (χ1v) is 21.1. The van der Waals surface area contributed by atoms with Gasteiger partial charge in [-0.15, -0.1) is 0 Å². The second kappa shape index (κ2) is 12.9. The second-order valence-corrected chi connectivity index (χ2v) is 18.2. The van der Waals surface area contributed by atoms with E-state index in [2.05, 4.69) is 82.9 Å². The molecule has 0 radical (unpaired) electrons. The molecule has 3 N–H and O–H groups in total. The van der Waals surface area contributed by atoms with E-state index in [1.54, 1.807) is 7.11 Å². The lowest BCUT2D eigenvalue weighted by Crippen LogP contribution is -2.78. The monoisotopic (exact) mass is 764 g/mol. The van der Waals surface area contributed by atoms with Gasteiger partial charge in [0.05, 0.1) is 25.9 Å². The van der Waals surface area contributed by atoms with Gasteiger partial charge in [-0.05, 0) is 74.2 Å². The maximum Gasteiger partial charge on any atom is 0.322 e. The van der Waals surface area contributed by atoms with E-state index in [0.717, 1.165) is 78.0 Å². The Morgan fingerprint density at radius 3 is 2.50 bits per heavy atom. The summed E-state index contributed by atoms with van der Waals surface area (Å²) in [6.07, 6.45) is 8.66. The number of benzene rings is 2.